The fraction of sp³-hybridized carbons (Fsp3) is 0. The Morgan fingerprint density at radius 2 is 1.62 bits per heavy atom. The maximum absolute atomic E-state index is 10.5. The van der Waals surface area contributed by atoms with E-state index in [0.29, 0.717) is 15.8 Å². The van der Waals surface area contributed by atoms with E-state index in [4.69, 9.17) is 23.8 Å². The SMILES string of the molecule is O=[N+]([O-])c1ccc(NNC(=S)Nc2ccc(Cl)cc2)cc1. The Morgan fingerprint density at radius 3 is 2.19 bits per heavy atom. The van der Waals surface area contributed by atoms with E-state index in [2.05, 4.69) is 16.2 Å². The first-order chi connectivity index (χ1) is 10.0. The van der Waals surface area contributed by atoms with Crippen molar-refractivity contribution in [2.45, 2.75) is 0 Å². The van der Waals surface area contributed by atoms with E-state index in [1.165, 1.54) is 12.1 Å². The highest BCUT2D eigenvalue weighted by atomic mass is 35.5. The summed E-state index contributed by atoms with van der Waals surface area (Å²) < 4.78 is 0. The smallest absolute Gasteiger partial charge is 0.269 e. The van der Waals surface area contributed by atoms with E-state index in [1.807, 2.05) is 0 Å². The van der Waals surface area contributed by atoms with Crippen LogP contribution in [0.25, 0.3) is 0 Å². The van der Waals surface area contributed by atoms with Crippen LogP contribution in [0.4, 0.5) is 17.1 Å². The summed E-state index contributed by atoms with van der Waals surface area (Å²) in [5, 5.41) is 14.5. The largest absolute Gasteiger partial charge is 0.331 e. The summed E-state index contributed by atoms with van der Waals surface area (Å²) in [6.45, 7) is 0. The van der Waals surface area contributed by atoms with Crippen LogP contribution in [0.5, 0.6) is 0 Å². The topological polar surface area (TPSA) is 79.2 Å². The fourth-order valence-electron chi connectivity index (χ4n) is 1.49. The Kier molecular flexibility index (Phi) is 4.91. The zero-order valence-electron chi connectivity index (χ0n) is 10.7. The minimum absolute atomic E-state index is 0.0300. The number of hydrogen-bond acceptors (Lipinski definition) is 4. The minimum atomic E-state index is -0.454. The lowest BCUT2D eigenvalue weighted by Crippen LogP contribution is -2.33. The van der Waals surface area contributed by atoms with E-state index in [1.54, 1.807) is 36.4 Å². The van der Waals surface area contributed by atoms with E-state index < -0.39 is 4.92 Å². The second kappa shape index (κ2) is 6.87. The summed E-state index contributed by atoms with van der Waals surface area (Å²) in [5.41, 5.74) is 7.10. The molecule has 21 heavy (non-hydrogen) atoms. The number of anilines is 2. The molecule has 2 rings (SSSR count). The van der Waals surface area contributed by atoms with Gasteiger partial charge in [-0.2, -0.15) is 0 Å². The normalized spacial score (nSPS) is 9.76. The van der Waals surface area contributed by atoms with Crippen LogP contribution in [0.15, 0.2) is 48.5 Å². The van der Waals surface area contributed by atoms with Crippen LogP contribution in [0.2, 0.25) is 5.02 Å². The summed E-state index contributed by atoms with van der Waals surface area (Å²) in [6.07, 6.45) is 0. The van der Waals surface area contributed by atoms with Crippen LogP contribution in [-0.4, -0.2) is 10.0 Å². The van der Waals surface area contributed by atoms with Crippen molar-refractivity contribution < 1.29 is 4.92 Å². The van der Waals surface area contributed by atoms with Crippen LogP contribution in [0, 0.1) is 10.1 Å². The molecule has 0 radical (unpaired) electrons. The van der Waals surface area contributed by atoms with Gasteiger partial charge in [0.1, 0.15) is 0 Å². The van der Waals surface area contributed by atoms with Crippen molar-refractivity contribution in [1.82, 2.24) is 5.43 Å². The predicted molar refractivity (Wildman–Crippen MR) is 87.5 cm³/mol. The van der Waals surface area contributed by atoms with Crippen LogP contribution < -0.4 is 16.2 Å². The second-order valence-electron chi connectivity index (χ2n) is 4.02. The monoisotopic (exact) mass is 322 g/mol. The molecular formula is C13H11ClN4O2S. The molecule has 0 aliphatic heterocycles. The molecule has 0 fully saturated rings. The molecule has 6 nitrogen and oxygen atoms in total. The van der Waals surface area contributed by atoms with Crippen molar-refractivity contribution in [3.8, 4) is 0 Å². The Morgan fingerprint density at radius 1 is 1.05 bits per heavy atom. The molecule has 0 amide bonds. The Labute approximate surface area is 131 Å². The molecule has 0 heterocycles. The van der Waals surface area contributed by atoms with Gasteiger partial charge in [0, 0.05) is 22.8 Å². The van der Waals surface area contributed by atoms with Gasteiger partial charge in [0.2, 0.25) is 0 Å². The number of hydrazine groups is 1. The van der Waals surface area contributed by atoms with Gasteiger partial charge in [-0.1, -0.05) is 11.6 Å². The molecule has 0 atom stereocenters. The molecule has 2 aromatic carbocycles. The van der Waals surface area contributed by atoms with Gasteiger partial charge in [-0.05, 0) is 48.6 Å². The summed E-state index contributed by atoms with van der Waals surface area (Å²) in [6, 6.07) is 13.0. The number of halogens is 1. The van der Waals surface area contributed by atoms with Gasteiger partial charge >= 0.3 is 0 Å². The lowest BCUT2D eigenvalue weighted by atomic mass is 10.3. The van der Waals surface area contributed by atoms with Gasteiger partial charge in [-0.3, -0.25) is 21.0 Å². The molecular weight excluding hydrogens is 312 g/mol. The van der Waals surface area contributed by atoms with Gasteiger partial charge in [-0.25, -0.2) is 0 Å². The number of nitrogens with zero attached hydrogens (tertiary/aromatic N) is 1. The van der Waals surface area contributed by atoms with Crippen LogP contribution in [0.3, 0.4) is 0 Å². The molecule has 0 aromatic heterocycles. The van der Waals surface area contributed by atoms with Gasteiger partial charge in [0.25, 0.3) is 5.69 Å². The van der Waals surface area contributed by atoms with Crippen molar-refractivity contribution in [1.29, 1.82) is 0 Å². The van der Waals surface area contributed by atoms with Gasteiger partial charge in [0.05, 0.1) is 10.6 Å². The summed E-state index contributed by atoms with van der Waals surface area (Å²) in [5.74, 6) is 0. The first kappa shape index (κ1) is 15.0. The molecule has 3 N–H and O–H groups in total. The second-order valence-corrected chi connectivity index (χ2v) is 4.86. The summed E-state index contributed by atoms with van der Waals surface area (Å²) >= 11 is 10.9. The number of nitro benzene ring substituents is 1. The average Bonchev–Trinajstić information content (AvgIpc) is 2.48. The van der Waals surface area contributed by atoms with Crippen LogP contribution in [-0.2, 0) is 0 Å². The van der Waals surface area contributed by atoms with E-state index in [0.717, 1.165) is 5.69 Å². The lowest BCUT2D eigenvalue weighted by molar-refractivity contribution is -0.384. The number of rotatable bonds is 4. The summed E-state index contributed by atoms with van der Waals surface area (Å²) in [4.78, 5) is 10.1. The number of non-ortho nitro benzene ring substituents is 1. The van der Waals surface area contributed by atoms with Crippen molar-refractivity contribution in [3.63, 3.8) is 0 Å². The highest BCUT2D eigenvalue weighted by Gasteiger charge is 2.03. The zero-order chi connectivity index (χ0) is 15.2. The third-order valence-electron chi connectivity index (χ3n) is 2.50. The molecule has 0 bridgehead atoms. The number of nitrogens with one attached hydrogen (secondary N) is 3. The highest BCUT2D eigenvalue weighted by Crippen LogP contribution is 2.15. The standard InChI is InChI=1S/C13H11ClN4O2S/c14-9-1-3-10(4-2-9)15-13(21)17-16-11-5-7-12(8-6-11)18(19)20/h1-8,16H,(H2,15,17,21). The molecule has 108 valence electrons. The van der Waals surface area contributed by atoms with E-state index >= 15 is 0 Å². The van der Waals surface area contributed by atoms with Crippen molar-refractivity contribution in [2.24, 2.45) is 0 Å². The third kappa shape index (κ3) is 4.59. The molecule has 8 heteroatoms. The first-order valence-corrected chi connectivity index (χ1v) is 6.66. The number of thiocarbonyl (C=S) groups is 1. The quantitative estimate of drug-likeness (QED) is 0.454. The van der Waals surface area contributed by atoms with Crippen molar-refractivity contribution in [3.05, 3.63) is 63.7 Å². The van der Waals surface area contributed by atoms with Crippen LogP contribution >= 0.6 is 23.8 Å². The summed E-state index contributed by atoms with van der Waals surface area (Å²) in [7, 11) is 0. The molecule has 0 aliphatic carbocycles. The third-order valence-corrected chi connectivity index (χ3v) is 2.96. The molecule has 0 unspecified atom stereocenters. The molecule has 0 saturated carbocycles. The van der Waals surface area contributed by atoms with Crippen molar-refractivity contribution in [2.75, 3.05) is 10.7 Å². The maximum atomic E-state index is 10.5. The molecule has 0 saturated heterocycles. The lowest BCUT2D eigenvalue weighted by Gasteiger charge is -2.12. The van der Waals surface area contributed by atoms with Crippen LogP contribution in [0.1, 0.15) is 0 Å². The number of nitro groups is 1. The highest BCUT2D eigenvalue weighted by molar-refractivity contribution is 7.80. The number of hydrogen-bond donors (Lipinski definition) is 3. The maximum Gasteiger partial charge on any atom is 0.269 e. The average molecular weight is 323 g/mol. The number of benzene rings is 2. The first-order valence-electron chi connectivity index (χ1n) is 5.87. The molecule has 0 aliphatic rings. The van der Waals surface area contributed by atoms with E-state index in [9.17, 15) is 10.1 Å². The zero-order valence-corrected chi connectivity index (χ0v) is 12.2. The fourth-order valence-corrected chi connectivity index (χ4v) is 1.79. The van der Waals surface area contributed by atoms with E-state index in [-0.39, 0.29) is 5.69 Å². The molecule has 2 aromatic rings. The van der Waals surface area contributed by atoms with Gasteiger partial charge in [-0.15, -0.1) is 0 Å². The van der Waals surface area contributed by atoms with Gasteiger partial charge in [0.15, 0.2) is 5.11 Å². The molecule has 0 spiro atoms. The van der Waals surface area contributed by atoms with Gasteiger partial charge < -0.3 is 5.32 Å². The minimum Gasteiger partial charge on any atom is -0.331 e. The Balaban J connectivity index is 1.86. The Hall–Kier alpha value is -2.38. The predicted octanol–water partition coefficient (Wildman–Crippen LogP) is 3.56. The van der Waals surface area contributed by atoms with Crippen molar-refractivity contribution >= 4 is 46.0 Å². The Bertz CT molecular complexity index is 646.